The van der Waals surface area contributed by atoms with E-state index in [9.17, 15) is 9.59 Å². The molecule has 1 fully saturated rings. The maximum absolute atomic E-state index is 13.6. The highest BCUT2D eigenvalue weighted by Crippen LogP contribution is 2.35. The van der Waals surface area contributed by atoms with E-state index in [0.29, 0.717) is 56.1 Å². The van der Waals surface area contributed by atoms with Gasteiger partial charge < -0.3 is 25.0 Å². The van der Waals surface area contributed by atoms with E-state index in [1.807, 2.05) is 42.5 Å². The van der Waals surface area contributed by atoms with Crippen LogP contribution in [-0.4, -0.2) is 49.7 Å². The number of nitrogens with zero attached hydrogens (tertiary/aromatic N) is 2. The molecule has 0 aliphatic carbocycles. The van der Waals surface area contributed by atoms with Gasteiger partial charge in [-0.2, -0.15) is 0 Å². The van der Waals surface area contributed by atoms with Gasteiger partial charge in [0.15, 0.2) is 0 Å². The Kier molecular flexibility index (Phi) is 5.83. The summed E-state index contributed by atoms with van der Waals surface area (Å²) in [6.07, 6.45) is 2.31. The first-order valence-corrected chi connectivity index (χ1v) is 11.2. The number of carbonyl (C=O) groups excluding carboxylic acids is 2. The second kappa shape index (κ2) is 9.07. The number of pyridine rings is 1. The second-order valence-corrected chi connectivity index (χ2v) is 8.20. The summed E-state index contributed by atoms with van der Waals surface area (Å²) in [5.41, 5.74) is 3.58. The molecule has 1 aromatic heterocycles. The predicted molar refractivity (Wildman–Crippen MR) is 126 cm³/mol. The number of benzene rings is 2. The molecule has 8 nitrogen and oxygen atoms in total. The summed E-state index contributed by atoms with van der Waals surface area (Å²) in [4.78, 5) is 32.0. The molecule has 0 saturated carbocycles. The number of hydrogen-bond donors (Lipinski definition) is 2. The van der Waals surface area contributed by atoms with Crippen LogP contribution in [0.1, 0.15) is 35.3 Å². The average Bonchev–Trinajstić information content (AvgIpc) is 2.84. The summed E-state index contributed by atoms with van der Waals surface area (Å²) in [7, 11) is 0. The second-order valence-electron chi connectivity index (χ2n) is 8.20. The van der Waals surface area contributed by atoms with Gasteiger partial charge in [0.25, 0.3) is 5.91 Å². The van der Waals surface area contributed by atoms with Crippen LogP contribution >= 0.6 is 0 Å². The summed E-state index contributed by atoms with van der Waals surface area (Å²) in [5.74, 6) is 0.453. The number of rotatable bonds is 4. The Morgan fingerprint density at radius 2 is 1.88 bits per heavy atom. The van der Waals surface area contributed by atoms with Crippen LogP contribution in [0, 0.1) is 0 Å². The fourth-order valence-electron chi connectivity index (χ4n) is 4.52. The van der Waals surface area contributed by atoms with Crippen LogP contribution in [0.3, 0.4) is 0 Å². The number of amides is 2. The summed E-state index contributed by atoms with van der Waals surface area (Å²) in [6.45, 7) is 4.53. The zero-order valence-corrected chi connectivity index (χ0v) is 18.5. The maximum Gasteiger partial charge on any atom is 0.255 e. The lowest BCUT2D eigenvalue weighted by molar-refractivity contribution is -0.114. The lowest BCUT2D eigenvalue weighted by Crippen LogP contribution is -2.39. The molecule has 1 saturated heterocycles. The molecule has 0 radical (unpaired) electrons. The van der Waals surface area contributed by atoms with Gasteiger partial charge in [-0.25, -0.2) is 0 Å². The van der Waals surface area contributed by atoms with Crippen molar-refractivity contribution in [1.29, 1.82) is 0 Å². The highest BCUT2D eigenvalue weighted by atomic mass is 16.5. The standard InChI is InChI=1S/C25H26N4O4/c1-16(30)27-21-7-4-6-18-23(21)26-15-19(24(18)29-10-13-32-14-11-29)25(31)28-20-9-12-33-22-8-3-2-5-17(20)22/h2-8,15,20H,9-14H2,1H3,(H,27,30)(H,28,31)/t20-/m0/s1. The van der Waals surface area contributed by atoms with Crippen molar-refractivity contribution < 1.29 is 19.1 Å². The Balaban J connectivity index is 1.56. The van der Waals surface area contributed by atoms with Crippen molar-refractivity contribution in [2.75, 3.05) is 43.1 Å². The molecular formula is C25H26N4O4. The van der Waals surface area contributed by atoms with Crippen molar-refractivity contribution in [3.05, 3.63) is 59.8 Å². The van der Waals surface area contributed by atoms with Crippen molar-refractivity contribution in [3.8, 4) is 5.75 Å². The van der Waals surface area contributed by atoms with Crippen LogP contribution in [0.25, 0.3) is 10.9 Å². The van der Waals surface area contributed by atoms with Crippen molar-refractivity contribution in [2.45, 2.75) is 19.4 Å². The monoisotopic (exact) mass is 446 g/mol. The van der Waals surface area contributed by atoms with Crippen molar-refractivity contribution in [3.63, 3.8) is 0 Å². The molecule has 0 bridgehead atoms. The summed E-state index contributed by atoms with van der Waals surface area (Å²) in [5, 5.41) is 6.86. The number of morpholine rings is 1. The largest absolute Gasteiger partial charge is 0.493 e. The van der Waals surface area contributed by atoms with Gasteiger partial charge in [-0.3, -0.25) is 14.6 Å². The third kappa shape index (κ3) is 4.21. The number of nitrogens with one attached hydrogen (secondary N) is 2. The molecule has 2 aliphatic rings. The highest BCUT2D eigenvalue weighted by Gasteiger charge is 2.27. The van der Waals surface area contributed by atoms with E-state index in [1.165, 1.54) is 6.92 Å². The molecule has 2 aliphatic heterocycles. The molecule has 0 unspecified atom stereocenters. The number of aromatic nitrogens is 1. The topological polar surface area (TPSA) is 92.8 Å². The normalized spacial score (nSPS) is 17.7. The number of para-hydroxylation sites is 2. The van der Waals surface area contributed by atoms with Gasteiger partial charge in [0.05, 0.1) is 48.3 Å². The smallest absolute Gasteiger partial charge is 0.255 e. The third-order valence-electron chi connectivity index (χ3n) is 6.02. The molecule has 3 aromatic rings. The Bertz CT molecular complexity index is 1210. The Morgan fingerprint density at radius 3 is 2.70 bits per heavy atom. The lowest BCUT2D eigenvalue weighted by atomic mass is 9.99. The maximum atomic E-state index is 13.6. The van der Waals surface area contributed by atoms with Crippen LogP contribution in [0.5, 0.6) is 5.75 Å². The van der Waals surface area contributed by atoms with Crippen LogP contribution < -0.4 is 20.3 Å². The van der Waals surface area contributed by atoms with Crippen LogP contribution in [0.4, 0.5) is 11.4 Å². The minimum atomic E-state index is -0.183. The van der Waals surface area contributed by atoms with Gasteiger partial charge in [-0.1, -0.05) is 30.3 Å². The van der Waals surface area contributed by atoms with Gasteiger partial charge in [0.1, 0.15) is 5.75 Å². The number of hydrogen-bond acceptors (Lipinski definition) is 6. The number of ether oxygens (including phenoxy) is 2. The molecule has 8 heteroatoms. The van der Waals surface area contributed by atoms with Gasteiger partial charge in [-0.15, -0.1) is 0 Å². The van der Waals surface area contributed by atoms with E-state index in [4.69, 9.17) is 9.47 Å². The van der Waals surface area contributed by atoms with Crippen LogP contribution in [0.15, 0.2) is 48.7 Å². The summed E-state index contributed by atoms with van der Waals surface area (Å²) < 4.78 is 11.3. The summed E-state index contributed by atoms with van der Waals surface area (Å²) in [6, 6.07) is 13.3. The van der Waals surface area contributed by atoms with E-state index in [1.54, 1.807) is 6.20 Å². The zero-order valence-electron chi connectivity index (χ0n) is 18.5. The predicted octanol–water partition coefficient (Wildman–Crippen LogP) is 3.28. The minimum Gasteiger partial charge on any atom is -0.493 e. The van der Waals surface area contributed by atoms with Crippen molar-refractivity contribution in [1.82, 2.24) is 10.3 Å². The van der Waals surface area contributed by atoms with Crippen LogP contribution in [0.2, 0.25) is 0 Å². The van der Waals surface area contributed by atoms with E-state index < -0.39 is 0 Å². The van der Waals surface area contributed by atoms with E-state index in [2.05, 4.69) is 20.5 Å². The van der Waals surface area contributed by atoms with Gasteiger partial charge in [0.2, 0.25) is 5.91 Å². The molecular weight excluding hydrogens is 420 g/mol. The Hall–Kier alpha value is -3.65. The minimum absolute atomic E-state index is 0.138. The van der Waals surface area contributed by atoms with Gasteiger partial charge in [-0.05, 0) is 12.1 Å². The van der Waals surface area contributed by atoms with Crippen molar-refractivity contribution in [2.24, 2.45) is 0 Å². The first-order valence-electron chi connectivity index (χ1n) is 11.2. The number of carbonyl (C=O) groups is 2. The lowest BCUT2D eigenvalue weighted by Gasteiger charge is -2.32. The average molecular weight is 447 g/mol. The molecule has 0 spiro atoms. The Labute approximate surface area is 191 Å². The SMILES string of the molecule is CC(=O)Nc1cccc2c(N3CCOCC3)c(C(=O)N[C@H]3CCOc4ccccc43)cnc12. The first kappa shape index (κ1) is 21.2. The van der Waals surface area contributed by atoms with E-state index in [0.717, 1.165) is 22.4 Å². The quantitative estimate of drug-likeness (QED) is 0.639. The van der Waals surface area contributed by atoms with Crippen molar-refractivity contribution >= 4 is 34.1 Å². The molecule has 33 heavy (non-hydrogen) atoms. The molecule has 2 amide bonds. The zero-order chi connectivity index (χ0) is 22.8. The molecule has 5 rings (SSSR count). The van der Waals surface area contributed by atoms with E-state index in [-0.39, 0.29) is 17.9 Å². The highest BCUT2D eigenvalue weighted by molar-refractivity contribution is 6.11. The molecule has 2 aromatic carbocycles. The fraction of sp³-hybridized carbons (Fsp3) is 0.320. The number of fused-ring (bicyclic) bond motifs is 2. The Morgan fingerprint density at radius 1 is 1.06 bits per heavy atom. The first-order chi connectivity index (χ1) is 16.1. The van der Waals surface area contributed by atoms with Gasteiger partial charge in [0, 0.05) is 43.6 Å². The van der Waals surface area contributed by atoms with Gasteiger partial charge >= 0.3 is 0 Å². The molecule has 2 N–H and O–H groups in total. The molecule has 1 atom stereocenters. The van der Waals surface area contributed by atoms with Crippen LogP contribution in [-0.2, 0) is 9.53 Å². The molecule has 170 valence electrons. The summed E-state index contributed by atoms with van der Waals surface area (Å²) >= 11 is 0. The molecule has 3 heterocycles. The number of anilines is 2. The van der Waals surface area contributed by atoms with E-state index >= 15 is 0 Å². The third-order valence-corrected chi connectivity index (χ3v) is 6.02. The fourth-order valence-corrected chi connectivity index (χ4v) is 4.52.